The Bertz CT molecular complexity index is 828. The summed E-state index contributed by atoms with van der Waals surface area (Å²) in [5.74, 6) is -0.0915. The van der Waals surface area contributed by atoms with E-state index in [1.807, 2.05) is 4.90 Å². The second-order valence-electron chi connectivity index (χ2n) is 6.66. The lowest BCUT2D eigenvalue weighted by molar-refractivity contribution is -0.133. The Morgan fingerprint density at radius 1 is 1.15 bits per heavy atom. The minimum Gasteiger partial charge on any atom is -0.464 e. The third-order valence-corrected chi connectivity index (χ3v) is 5.00. The lowest BCUT2D eigenvalue weighted by atomic mass is 10.0. The molecule has 0 N–H and O–H groups in total. The van der Waals surface area contributed by atoms with Gasteiger partial charge in [0.2, 0.25) is 5.91 Å². The quantitative estimate of drug-likeness (QED) is 0.712. The van der Waals surface area contributed by atoms with Crippen LogP contribution in [0.4, 0.5) is 0 Å². The van der Waals surface area contributed by atoms with Crippen molar-refractivity contribution in [3.8, 4) is 0 Å². The third-order valence-electron chi connectivity index (χ3n) is 5.00. The van der Waals surface area contributed by atoms with E-state index < -0.39 is 5.97 Å². The molecule has 0 unspecified atom stereocenters. The average Bonchev–Trinajstić information content (AvgIpc) is 3.16. The molecule has 1 atom stereocenters. The van der Waals surface area contributed by atoms with E-state index in [4.69, 9.17) is 4.74 Å². The van der Waals surface area contributed by atoms with Gasteiger partial charge in [0.25, 0.3) is 0 Å². The number of tetrazole rings is 1. The molecule has 0 saturated carbocycles. The Morgan fingerprint density at radius 3 is 2.85 bits per heavy atom. The molecular weight excluding hydrogens is 338 g/mol. The number of rotatable bonds is 2. The molecule has 2 aromatic rings. The number of amides is 1. The first-order valence-electron chi connectivity index (χ1n) is 8.87. The van der Waals surface area contributed by atoms with Crippen LogP contribution in [0.25, 0.3) is 0 Å². The zero-order valence-corrected chi connectivity index (χ0v) is 14.7. The fourth-order valence-electron chi connectivity index (χ4n) is 3.67. The van der Waals surface area contributed by atoms with Crippen molar-refractivity contribution in [2.75, 3.05) is 13.7 Å². The minimum atomic E-state index is -0.466. The summed E-state index contributed by atoms with van der Waals surface area (Å²) in [4.78, 5) is 26.8. The van der Waals surface area contributed by atoms with E-state index >= 15 is 0 Å². The number of fused-ring (bicyclic) bond motifs is 2. The van der Waals surface area contributed by atoms with Gasteiger partial charge in [0, 0.05) is 19.6 Å². The largest absolute Gasteiger partial charge is 0.464 e. The van der Waals surface area contributed by atoms with Crippen LogP contribution in [0, 0.1) is 0 Å². The molecule has 0 aliphatic carbocycles. The van der Waals surface area contributed by atoms with E-state index in [1.54, 1.807) is 15.4 Å². The molecule has 0 spiro atoms. The van der Waals surface area contributed by atoms with Gasteiger partial charge in [-0.1, -0.05) is 6.42 Å². The maximum atomic E-state index is 13.2. The summed E-state index contributed by atoms with van der Waals surface area (Å²) in [5, 5.41) is 16.1. The maximum absolute atomic E-state index is 13.2. The Balaban J connectivity index is 1.57. The van der Waals surface area contributed by atoms with Crippen molar-refractivity contribution in [3.05, 3.63) is 23.3 Å². The molecule has 138 valence electrons. The molecule has 2 aliphatic rings. The first kappa shape index (κ1) is 16.7. The number of hydrogen-bond acceptors (Lipinski definition) is 7. The van der Waals surface area contributed by atoms with E-state index in [-0.39, 0.29) is 17.5 Å². The molecule has 4 heterocycles. The normalized spacial score (nSPS) is 19.9. The zero-order chi connectivity index (χ0) is 18.1. The van der Waals surface area contributed by atoms with Crippen LogP contribution in [0.15, 0.2) is 6.07 Å². The third kappa shape index (κ3) is 2.95. The zero-order valence-electron chi connectivity index (χ0n) is 14.7. The Hall–Kier alpha value is -2.78. The van der Waals surface area contributed by atoms with E-state index in [2.05, 4.69) is 20.6 Å². The van der Waals surface area contributed by atoms with Crippen LogP contribution in [-0.2, 0) is 29.2 Å². The highest BCUT2D eigenvalue weighted by molar-refractivity contribution is 5.87. The van der Waals surface area contributed by atoms with Crippen molar-refractivity contribution in [1.82, 2.24) is 34.9 Å². The first-order chi connectivity index (χ1) is 12.7. The predicted molar refractivity (Wildman–Crippen MR) is 88.0 cm³/mol. The summed E-state index contributed by atoms with van der Waals surface area (Å²) in [6, 6.07) is 1.70. The SMILES string of the molecule is COC(=O)c1cc2n(n1)CCCN(C(=O)[C@H]1CCCCn3nnnc31)C2. The van der Waals surface area contributed by atoms with Crippen molar-refractivity contribution >= 4 is 11.9 Å². The summed E-state index contributed by atoms with van der Waals surface area (Å²) < 4.78 is 8.27. The summed E-state index contributed by atoms with van der Waals surface area (Å²) in [7, 11) is 1.33. The number of hydrogen-bond donors (Lipinski definition) is 0. The number of carbonyl (C=O) groups is 2. The monoisotopic (exact) mass is 359 g/mol. The highest BCUT2D eigenvalue weighted by Crippen LogP contribution is 2.27. The molecule has 2 aliphatic heterocycles. The fourth-order valence-corrected chi connectivity index (χ4v) is 3.67. The van der Waals surface area contributed by atoms with Crippen molar-refractivity contribution in [2.45, 2.75) is 51.2 Å². The van der Waals surface area contributed by atoms with Gasteiger partial charge < -0.3 is 9.64 Å². The molecule has 0 radical (unpaired) electrons. The molecule has 26 heavy (non-hydrogen) atoms. The summed E-state index contributed by atoms with van der Waals surface area (Å²) in [5.41, 5.74) is 1.11. The smallest absolute Gasteiger partial charge is 0.358 e. The maximum Gasteiger partial charge on any atom is 0.358 e. The number of ether oxygens (including phenoxy) is 1. The van der Waals surface area contributed by atoms with E-state index in [1.165, 1.54) is 7.11 Å². The van der Waals surface area contributed by atoms with Gasteiger partial charge in [0.1, 0.15) is 0 Å². The van der Waals surface area contributed by atoms with Gasteiger partial charge in [-0.25, -0.2) is 9.48 Å². The van der Waals surface area contributed by atoms with Crippen LogP contribution in [0.2, 0.25) is 0 Å². The molecule has 4 rings (SSSR count). The minimum absolute atomic E-state index is 0.0391. The lowest BCUT2D eigenvalue weighted by Gasteiger charge is -2.24. The molecule has 0 fully saturated rings. The molecule has 10 heteroatoms. The van der Waals surface area contributed by atoms with Crippen LogP contribution in [0.5, 0.6) is 0 Å². The molecule has 0 aromatic carbocycles. The number of aryl methyl sites for hydroxylation is 2. The number of esters is 1. The highest BCUT2D eigenvalue weighted by atomic mass is 16.5. The van der Waals surface area contributed by atoms with Crippen molar-refractivity contribution in [2.24, 2.45) is 0 Å². The Kier molecular flexibility index (Phi) is 4.39. The van der Waals surface area contributed by atoms with Crippen LogP contribution < -0.4 is 0 Å². The summed E-state index contributed by atoms with van der Waals surface area (Å²) in [6.45, 7) is 2.48. The molecular formula is C16H21N7O3. The molecule has 0 bridgehead atoms. The highest BCUT2D eigenvalue weighted by Gasteiger charge is 2.33. The van der Waals surface area contributed by atoms with Gasteiger partial charge in [-0.3, -0.25) is 9.48 Å². The van der Waals surface area contributed by atoms with Crippen molar-refractivity contribution in [3.63, 3.8) is 0 Å². The fraction of sp³-hybridized carbons (Fsp3) is 0.625. The second kappa shape index (κ2) is 6.85. The number of nitrogens with zero attached hydrogens (tertiary/aromatic N) is 7. The average molecular weight is 359 g/mol. The van der Waals surface area contributed by atoms with Gasteiger partial charge in [-0.05, 0) is 35.8 Å². The van der Waals surface area contributed by atoms with Gasteiger partial charge in [-0.15, -0.1) is 5.10 Å². The second-order valence-corrected chi connectivity index (χ2v) is 6.66. The van der Waals surface area contributed by atoms with Gasteiger partial charge in [-0.2, -0.15) is 5.10 Å². The summed E-state index contributed by atoms with van der Waals surface area (Å²) >= 11 is 0. The number of aromatic nitrogens is 6. The molecule has 2 aromatic heterocycles. The summed E-state index contributed by atoms with van der Waals surface area (Å²) in [6.07, 6.45) is 3.46. The van der Waals surface area contributed by atoms with E-state index in [0.717, 1.165) is 37.9 Å². The molecule has 0 saturated heterocycles. The van der Waals surface area contributed by atoms with Gasteiger partial charge in [0.05, 0.1) is 25.3 Å². The van der Waals surface area contributed by atoms with Gasteiger partial charge in [0.15, 0.2) is 11.5 Å². The van der Waals surface area contributed by atoms with Crippen LogP contribution in [0.3, 0.4) is 0 Å². The molecule has 10 nitrogen and oxygen atoms in total. The number of carbonyl (C=O) groups excluding carboxylic acids is 2. The van der Waals surface area contributed by atoms with E-state index in [0.29, 0.717) is 25.5 Å². The van der Waals surface area contributed by atoms with Crippen LogP contribution >= 0.6 is 0 Å². The predicted octanol–water partition coefficient (Wildman–Crippen LogP) is 0.356. The van der Waals surface area contributed by atoms with Crippen molar-refractivity contribution < 1.29 is 14.3 Å². The first-order valence-corrected chi connectivity index (χ1v) is 8.87. The van der Waals surface area contributed by atoms with Crippen LogP contribution in [-0.4, -0.2) is 60.4 Å². The van der Waals surface area contributed by atoms with Crippen LogP contribution in [0.1, 0.15) is 53.6 Å². The Morgan fingerprint density at radius 2 is 2.00 bits per heavy atom. The Labute approximate surface area is 150 Å². The van der Waals surface area contributed by atoms with Crippen molar-refractivity contribution in [1.29, 1.82) is 0 Å². The lowest BCUT2D eigenvalue weighted by Crippen LogP contribution is -2.35. The van der Waals surface area contributed by atoms with Gasteiger partial charge >= 0.3 is 5.97 Å². The topological polar surface area (TPSA) is 108 Å². The number of methoxy groups -OCH3 is 1. The van der Waals surface area contributed by atoms with E-state index in [9.17, 15) is 9.59 Å². The molecule has 1 amide bonds. The standard InChI is InChI=1S/C16H21N7O3/c1-26-16(25)13-9-11-10-21(6-4-8-22(11)18-13)15(24)12-5-2-3-7-23-14(12)17-19-20-23/h9,12H,2-8,10H2,1H3/t12-/m0/s1.